The van der Waals surface area contributed by atoms with Crippen LogP contribution in [-0.2, 0) is 4.79 Å². The van der Waals surface area contributed by atoms with Gasteiger partial charge in [0.25, 0.3) is 0 Å². The Morgan fingerprint density at radius 2 is 2.25 bits per heavy atom. The van der Waals surface area contributed by atoms with E-state index in [-0.39, 0.29) is 5.82 Å². The summed E-state index contributed by atoms with van der Waals surface area (Å²) >= 11 is 0. The number of halogens is 1. The molecule has 0 saturated heterocycles. The third-order valence-corrected chi connectivity index (χ3v) is 2.47. The van der Waals surface area contributed by atoms with E-state index in [1.165, 1.54) is 6.07 Å². The fourth-order valence-electron chi connectivity index (χ4n) is 1.50. The summed E-state index contributed by atoms with van der Waals surface area (Å²) in [7, 11) is 0. The zero-order chi connectivity index (χ0) is 12.1. The van der Waals surface area contributed by atoms with Crippen molar-refractivity contribution in [1.29, 1.82) is 0 Å². The normalized spacial score (nSPS) is 12.2. The molecule has 0 radical (unpaired) electrons. The molecule has 0 aliphatic carbocycles. The minimum atomic E-state index is -0.912. The smallest absolute Gasteiger partial charge is 0.326 e. The molecule has 1 aromatic rings. The number of hydrogen-bond acceptors (Lipinski definition) is 2. The van der Waals surface area contributed by atoms with Gasteiger partial charge in [-0.1, -0.05) is 19.4 Å². The van der Waals surface area contributed by atoms with Crippen LogP contribution in [0.4, 0.5) is 10.1 Å². The van der Waals surface area contributed by atoms with Crippen LogP contribution in [0, 0.1) is 12.7 Å². The molecule has 0 aliphatic rings. The molecule has 1 atom stereocenters. The van der Waals surface area contributed by atoms with Crippen LogP contribution in [-0.4, -0.2) is 17.1 Å². The summed E-state index contributed by atoms with van der Waals surface area (Å²) in [4.78, 5) is 10.9. The maximum Gasteiger partial charge on any atom is 0.326 e. The monoisotopic (exact) mass is 225 g/mol. The zero-order valence-corrected chi connectivity index (χ0v) is 9.46. The first-order valence-corrected chi connectivity index (χ1v) is 5.30. The number of hydrogen-bond donors (Lipinski definition) is 2. The van der Waals surface area contributed by atoms with Gasteiger partial charge >= 0.3 is 5.97 Å². The van der Waals surface area contributed by atoms with Gasteiger partial charge in [-0.15, -0.1) is 0 Å². The van der Waals surface area contributed by atoms with E-state index in [4.69, 9.17) is 5.11 Å². The second-order valence-electron chi connectivity index (χ2n) is 3.74. The van der Waals surface area contributed by atoms with Crippen molar-refractivity contribution in [2.24, 2.45) is 0 Å². The van der Waals surface area contributed by atoms with Gasteiger partial charge in [0.2, 0.25) is 0 Å². The summed E-state index contributed by atoms with van der Waals surface area (Å²) < 4.78 is 13.2. The molecule has 88 valence electrons. The molecule has 0 amide bonds. The summed E-state index contributed by atoms with van der Waals surface area (Å²) in [5.41, 5.74) is 0.991. The van der Waals surface area contributed by atoms with E-state index in [1.807, 2.05) is 6.92 Å². The molecule has 3 nitrogen and oxygen atoms in total. The van der Waals surface area contributed by atoms with Crippen LogP contribution >= 0.6 is 0 Å². The lowest BCUT2D eigenvalue weighted by Crippen LogP contribution is -2.29. The summed E-state index contributed by atoms with van der Waals surface area (Å²) in [5, 5.41) is 11.8. The number of carboxylic acids is 1. The van der Waals surface area contributed by atoms with Crippen LogP contribution in [0.1, 0.15) is 25.3 Å². The summed E-state index contributed by atoms with van der Waals surface area (Å²) in [6.45, 7) is 3.54. The van der Waals surface area contributed by atoms with Crippen molar-refractivity contribution in [3.63, 3.8) is 0 Å². The maximum absolute atomic E-state index is 13.2. The average Bonchev–Trinajstić information content (AvgIpc) is 2.23. The van der Waals surface area contributed by atoms with E-state index in [1.54, 1.807) is 19.1 Å². The number of aliphatic carboxylic acids is 1. The Bertz CT molecular complexity index is 379. The van der Waals surface area contributed by atoms with Crippen molar-refractivity contribution in [1.82, 2.24) is 0 Å². The fourth-order valence-corrected chi connectivity index (χ4v) is 1.50. The fraction of sp³-hybridized carbons (Fsp3) is 0.417. The van der Waals surface area contributed by atoms with E-state index in [0.29, 0.717) is 17.7 Å². The number of anilines is 1. The molecular weight excluding hydrogens is 209 g/mol. The van der Waals surface area contributed by atoms with E-state index in [9.17, 15) is 9.18 Å². The molecule has 0 aliphatic heterocycles. The first-order valence-electron chi connectivity index (χ1n) is 5.30. The largest absolute Gasteiger partial charge is 0.480 e. The van der Waals surface area contributed by atoms with Crippen LogP contribution in [0.3, 0.4) is 0 Å². The Labute approximate surface area is 94.3 Å². The number of benzene rings is 1. The van der Waals surface area contributed by atoms with Crippen LogP contribution in [0.25, 0.3) is 0 Å². The highest BCUT2D eigenvalue weighted by Crippen LogP contribution is 2.19. The molecule has 1 rings (SSSR count). The van der Waals surface area contributed by atoms with Crippen molar-refractivity contribution >= 4 is 11.7 Å². The number of carbonyl (C=O) groups is 1. The van der Waals surface area contributed by atoms with Gasteiger partial charge in [0.05, 0.1) is 0 Å². The highest BCUT2D eigenvalue weighted by Gasteiger charge is 2.17. The third-order valence-electron chi connectivity index (χ3n) is 2.47. The molecule has 1 aromatic carbocycles. The molecule has 0 saturated carbocycles. The van der Waals surface area contributed by atoms with E-state index < -0.39 is 12.0 Å². The maximum atomic E-state index is 13.2. The van der Waals surface area contributed by atoms with Crippen molar-refractivity contribution < 1.29 is 14.3 Å². The molecule has 0 heterocycles. The Hall–Kier alpha value is -1.58. The third kappa shape index (κ3) is 2.95. The van der Waals surface area contributed by atoms with Crippen LogP contribution < -0.4 is 5.32 Å². The molecule has 4 heteroatoms. The lowest BCUT2D eigenvalue weighted by Gasteiger charge is -2.16. The first-order chi connectivity index (χ1) is 7.56. The van der Waals surface area contributed by atoms with E-state index in [2.05, 4.69) is 5.32 Å². The predicted octanol–water partition coefficient (Wildman–Crippen LogP) is 2.80. The molecule has 0 bridgehead atoms. The number of rotatable bonds is 5. The Morgan fingerprint density at radius 3 is 2.81 bits per heavy atom. The van der Waals surface area contributed by atoms with Gasteiger partial charge in [0.1, 0.15) is 11.9 Å². The second-order valence-corrected chi connectivity index (χ2v) is 3.74. The number of carboxylic acid groups (broad SMARTS) is 1. The predicted molar refractivity (Wildman–Crippen MR) is 61.1 cm³/mol. The quantitative estimate of drug-likeness (QED) is 0.810. The molecular formula is C12H16FNO2. The molecule has 0 fully saturated rings. The summed E-state index contributed by atoms with van der Waals surface area (Å²) in [5.74, 6) is -1.24. The molecule has 0 aromatic heterocycles. The minimum Gasteiger partial charge on any atom is -0.480 e. The van der Waals surface area contributed by atoms with Gasteiger partial charge in [-0.05, 0) is 25.5 Å². The average molecular weight is 225 g/mol. The van der Waals surface area contributed by atoms with E-state index >= 15 is 0 Å². The molecule has 1 unspecified atom stereocenters. The van der Waals surface area contributed by atoms with Gasteiger partial charge < -0.3 is 10.4 Å². The highest BCUT2D eigenvalue weighted by atomic mass is 19.1. The van der Waals surface area contributed by atoms with Crippen molar-refractivity contribution in [2.75, 3.05) is 5.32 Å². The lowest BCUT2D eigenvalue weighted by molar-refractivity contribution is -0.138. The van der Waals surface area contributed by atoms with Crippen molar-refractivity contribution in [3.05, 3.63) is 29.6 Å². The van der Waals surface area contributed by atoms with Crippen LogP contribution in [0.15, 0.2) is 18.2 Å². The van der Waals surface area contributed by atoms with Gasteiger partial charge in [-0.2, -0.15) is 0 Å². The minimum absolute atomic E-state index is 0.328. The van der Waals surface area contributed by atoms with Gasteiger partial charge in [-0.25, -0.2) is 9.18 Å². The standard InChI is InChI=1S/C12H16FNO2/c1-3-5-11(12(15)16)14-10-7-4-6-9(13)8(10)2/h4,6-7,11,14H,3,5H2,1-2H3,(H,15,16). The van der Waals surface area contributed by atoms with Gasteiger partial charge in [0, 0.05) is 11.3 Å². The molecule has 2 N–H and O–H groups in total. The summed E-state index contributed by atoms with van der Waals surface area (Å²) in [6, 6.07) is 3.95. The van der Waals surface area contributed by atoms with Crippen LogP contribution in [0.5, 0.6) is 0 Å². The Morgan fingerprint density at radius 1 is 1.56 bits per heavy atom. The van der Waals surface area contributed by atoms with E-state index in [0.717, 1.165) is 6.42 Å². The second kappa shape index (κ2) is 5.49. The lowest BCUT2D eigenvalue weighted by atomic mass is 10.1. The SMILES string of the molecule is CCCC(Nc1cccc(F)c1C)C(=O)O. The van der Waals surface area contributed by atoms with Gasteiger partial charge in [0.15, 0.2) is 0 Å². The molecule has 16 heavy (non-hydrogen) atoms. The van der Waals surface area contributed by atoms with Crippen LogP contribution in [0.2, 0.25) is 0 Å². The van der Waals surface area contributed by atoms with Crippen molar-refractivity contribution in [3.8, 4) is 0 Å². The highest BCUT2D eigenvalue weighted by molar-refractivity contribution is 5.77. The summed E-state index contributed by atoms with van der Waals surface area (Å²) in [6.07, 6.45) is 1.28. The Balaban J connectivity index is 2.85. The van der Waals surface area contributed by atoms with Crippen molar-refractivity contribution in [2.45, 2.75) is 32.7 Å². The molecule has 0 spiro atoms. The first kappa shape index (κ1) is 12.5. The topological polar surface area (TPSA) is 49.3 Å². The Kier molecular flexibility index (Phi) is 4.28. The van der Waals surface area contributed by atoms with Gasteiger partial charge in [-0.3, -0.25) is 0 Å². The zero-order valence-electron chi connectivity index (χ0n) is 9.46. The number of nitrogens with one attached hydrogen (secondary N) is 1.